The summed E-state index contributed by atoms with van der Waals surface area (Å²) in [6, 6.07) is 3.70. The van der Waals surface area contributed by atoms with Crippen molar-refractivity contribution in [2.75, 3.05) is 5.75 Å². The number of carbonyl (C=O) groups excluding carboxylic acids is 1. The first-order valence-corrected chi connectivity index (χ1v) is 8.47. The molecule has 0 aromatic carbocycles. The predicted molar refractivity (Wildman–Crippen MR) is 75.9 cm³/mol. The number of rotatable bonds is 5. The van der Waals surface area contributed by atoms with E-state index in [1.807, 2.05) is 18.6 Å². The second kappa shape index (κ2) is 5.53. The number of nitriles is 1. The van der Waals surface area contributed by atoms with Crippen LogP contribution in [0.15, 0.2) is 16.7 Å². The highest BCUT2D eigenvalue weighted by Crippen LogP contribution is 2.41. The van der Waals surface area contributed by atoms with Gasteiger partial charge in [0, 0.05) is 5.56 Å². The van der Waals surface area contributed by atoms with Crippen LogP contribution in [0.3, 0.4) is 0 Å². The number of furan rings is 1. The third-order valence-corrected chi connectivity index (χ3v) is 5.22. The number of hydrogen-bond acceptors (Lipinski definition) is 5. The van der Waals surface area contributed by atoms with Gasteiger partial charge in [0.25, 0.3) is 0 Å². The molecule has 21 heavy (non-hydrogen) atoms. The molecule has 114 valence electrons. The summed E-state index contributed by atoms with van der Waals surface area (Å²) in [5.74, 6) is -1.08. The van der Waals surface area contributed by atoms with Gasteiger partial charge in [0.15, 0.2) is 5.76 Å². The molecule has 1 aliphatic rings. The molecule has 1 fully saturated rings. The smallest absolute Gasteiger partial charge is 0.300 e. The molecule has 1 aromatic rings. The molecule has 1 amide bonds. The number of carbonyl (C=O) groups is 1. The third-order valence-electron chi connectivity index (χ3n) is 3.79. The third kappa shape index (κ3) is 3.27. The Morgan fingerprint density at radius 3 is 2.67 bits per heavy atom. The lowest BCUT2D eigenvalue weighted by atomic mass is 9.72. The first-order valence-electron chi connectivity index (χ1n) is 6.82. The van der Waals surface area contributed by atoms with Crippen LogP contribution < -0.4 is 4.72 Å². The number of amides is 1. The van der Waals surface area contributed by atoms with Gasteiger partial charge in [-0.15, -0.1) is 0 Å². The van der Waals surface area contributed by atoms with Crippen LogP contribution in [0.1, 0.15) is 55.1 Å². The Morgan fingerprint density at radius 1 is 1.52 bits per heavy atom. The lowest BCUT2D eigenvalue weighted by Gasteiger charge is -2.34. The van der Waals surface area contributed by atoms with Crippen molar-refractivity contribution >= 4 is 15.9 Å². The van der Waals surface area contributed by atoms with Gasteiger partial charge >= 0.3 is 5.91 Å². The van der Waals surface area contributed by atoms with E-state index in [2.05, 4.69) is 6.07 Å². The summed E-state index contributed by atoms with van der Waals surface area (Å²) in [7, 11) is -3.86. The molecule has 0 saturated heterocycles. The molecule has 0 radical (unpaired) electrons. The predicted octanol–water partition coefficient (Wildman–Crippen LogP) is 2.16. The van der Waals surface area contributed by atoms with E-state index in [9.17, 15) is 13.2 Å². The van der Waals surface area contributed by atoms with Crippen molar-refractivity contribution in [2.24, 2.45) is 5.41 Å². The van der Waals surface area contributed by atoms with Gasteiger partial charge in [-0.25, -0.2) is 13.1 Å². The van der Waals surface area contributed by atoms with Crippen LogP contribution in [0, 0.1) is 16.7 Å². The molecule has 0 unspecified atom stereocenters. The zero-order valence-corrected chi connectivity index (χ0v) is 12.9. The first-order chi connectivity index (χ1) is 9.79. The number of sulfonamides is 1. The van der Waals surface area contributed by atoms with E-state index in [-0.39, 0.29) is 17.4 Å². The summed E-state index contributed by atoms with van der Waals surface area (Å²) >= 11 is 0. The van der Waals surface area contributed by atoms with E-state index in [1.54, 1.807) is 6.07 Å². The quantitative estimate of drug-likeness (QED) is 0.898. The van der Waals surface area contributed by atoms with Crippen LogP contribution in [-0.2, 0) is 10.0 Å². The highest BCUT2D eigenvalue weighted by Gasteiger charge is 2.42. The average Bonchev–Trinajstić information content (AvgIpc) is 2.82. The van der Waals surface area contributed by atoms with E-state index in [0.717, 1.165) is 6.42 Å². The van der Waals surface area contributed by atoms with E-state index >= 15 is 0 Å². The summed E-state index contributed by atoms with van der Waals surface area (Å²) in [5.41, 5.74) is -0.197. The number of nitrogens with one attached hydrogen (secondary N) is 1. The van der Waals surface area contributed by atoms with Gasteiger partial charge in [0.2, 0.25) is 10.0 Å². The molecular formula is C14H18N2O4S. The minimum Gasteiger partial charge on any atom is -0.459 e. The van der Waals surface area contributed by atoms with Crippen molar-refractivity contribution in [3.8, 4) is 6.07 Å². The standard InChI is InChI=1S/C14H18N2O4S/c1-10(2)11-4-7-20-12(11)13(17)16-21(18,19)9-14(8-15)5-3-6-14/h4,7,10H,3,5-6,9H2,1-2H3,(H,16,17). The molecule has 2 rings (SSSR count). The summed E-state index contributed by atoms with van der Waals surface area (Å²) in [4.78, 5) is 12.1. The van der Waals surface area contributed by atoms with Crippen LogP contribution in [0.4, 0.5) is 0 Å². The maximum Gasteiger partial charge on any atom is 0.300 e. The summed E-state index contributed by atoms with van der Waals surface area (Å²) in [6.45, 7) is 3.77. The fourth-order valence-corrected chi connectivity index (χ4v) is 3.97. The lowest BCUT2D eigenvalue weighted by Crippen LogP contribution is -2.42. The fourth-order valence-electron chi connectivity index (χ4n) is 2.44. The van der Waals surface area contributed by atoms with Gasteiger partial charge in [0.1, 0.15) is 0 Å². The number of nitrogens with zero attached hydrogens (tertiary/aromatic N) is 1. The number of hydrogen-bond donors (Lipinski definition) is 1. The second-order valence-electron chi connectivity index (χ2n) is 5.80. The molecular weight excluding hydrogens is 292 g/mol. The zero-order valence-electron chi connectivity index (χ0n) is 12.0. The summed E-state index contributed by atoms with van der Waals surface area (Å²) in [5, 5.41) is 9.09. The van der Waals surface area contributed by atoms with Crippen LogP contribution in [0.2, 0.25) is 0 Å². The maximum absolute atomic E-state index is 12.1. The minimum atomic E-state index is -3.86. The van der Waals surface area contributed by atoms with Crippen LogP contribution >= 0.6 is 0 Å². The zero-order chi connectivity index (χ0) is 15.7. The molecule has 0 aliphatic heterocycles. The van der Waals surface area contributed by atoms with Crippen LogP contribution in [-0.4, -0.2) is 20.1 Å². The Hall–Kier alpha value is -1.81. The highest BCUT2D eigenvalue weighted by molar-refractivity contribution is 7.90. The van der Waals surface area contributed by atoms with Crippen LogP contribution in [0.25, 0.3) is 0 Å². The first kappa shape index (κ1) is 15.6. The molecule has 6 nitrogen and oxygen atoms in total. The van der Waals surface area contributed by atoms with Gasteiger partial charge < -0.3 is 4.42 Å². The normalized spacial score (nSPS) is 17.0. The topological polar surface area (TPSA) is 100 Å². The maximum atomic E-state index is 12.1. The molecule has 1 N–H and O–H groups in total. The van der Waals surface area contributed by atoms with E-state index in [0.29, 0.717) is 18.4 Å². The Bertz CT molecular complexity index is 678. The van der Waals surface area contributed by atoms with Gasteiger partial charge in [-0.2, -0.15) is 5.26 Å². The van der Waals surface area contributed by atoms with Crippen molar-refractivity contribution in [3.63, 3.8) is 0 Å². The van der Waals surface area contributed by atoms with Crippen molar-refractivity contribution in [1.29, 1.82) is 5.26 Å². The molecule has 1 saturated carbocycles. The molecule has 0 bridgehead atoms. The Balaban J connectivity index is 2.12. The lowest BCUT2D eigenvalue weighted by molar-refractivity contribution is 0.0952. The van der Waals surface area contributed by atoms with Crippen molar-refractivity contribution < 1.29 is 17.6 Å². The monoisotopic (exact) mass is 310 g/mol. The Morgan fingerprint density at radius 2 is 2.19 bits per heavy atom. The SMILES string of the molecule is CC(C)c1ccoc1C(=O)NS(=O)(=O)CC1(C#N)CCC1. The van der Waals surface area contributed by atoms with E-state index < -0.39 is 21.3 Å². The highest BCUT2D eigenvalue weighted by atomic mass is 32.2. The largest absolute Gasteiger partial charge is 0.459 e. The van der Waals surface area contributed by atoms with Gasteiger partial charge in [0.05, 0.1) is 23.5 Å². The van der Waals surface area contributed by atoms with Crippen molar-refractivity contribution in [1.82, 2.24) is 4.72 Å². The molecule has 0 spiro atoms. The van der Waals surface area contributed by atoms with E-state index in [4.69, 9.17) is 9.68 Å². The molecule has 7 heteroatoms. The Kier molecular flexibility index (Phi) is 4.10. The molecule has 1 aromatic heterocycles. The van der Waals surface area contributed by atoms with Gasteiger partial charge in [-0.05, 0) is 24.8 Å². The van der Waals surface area contributed by atoms with E-state index in [1.165, 1.54) is 6.26 Å². The van der Waals surface area contributed by atoms with Crippen molar-refractivity contribution in [2.45, 2.75) is 39.0 Å². The fraction of sp³-hybridized carbons (Fsp3) is 0.571. The van der Waals surface area contributed by atoms with Gasteiger partial charge in [-0.3, -0.25) is 4.79 Å². The summed E-state index contributed by atoms with van der Waals surface area (Å²) < 4.78 is 31.2. The molecule has 1 heterocycles. The second-order valence-corrected chi connectivity index (χ2v) is 7.52. The van der Waals surface area contributed by atoms with Crippen LogP contribution in [0.5, 0.6) is 0 Å². The molecule has 1 aliphatic carbocycles. The molecule has 0 atom stereocenters. The summed E-state index contributed by atoms with van der Waals surface area (Å²) in [6.07, 6.45) is 3.31. The minimum absolute atomic E-state index is 0.00759. The van der Waals surface area contributed by atoms with Gasteiger partial charge in [-0.1, -0.05) is 20.3 Å². The average molecular weight is 310 g/mol. The van der Waals surface area contributed by atoms with Crippen molar-refractivity contribution in [3.05, 3.63) is 23.7 Å². The Labute approximate surface area is 124 Å².